The van der Waals surface area contributed by atoms with E-state index in [1.807, 2.05) is 6.07 Å². The van der Waals surface area contributed by atoms with Gasteiger partial charge in [0.15, 0.2) is 0 Å². The van der Waals surface area contributed by atoms with Gasteiger partial charge < -0.3 is 10.1 Å². The number of benzene rings is 1. The molecular weight excluding hydrogens is 302 g/mol. The molecule has 0 bridgehead atoms. The molecule has 0 N–H and O–H groups in total. The Kier molecular flexibility index (Phi) is 2.97. The van der Waals surface area contributed by atoms with E-state index in [2.05, 4.69) is 4.98 Å². The van der Waals surface area contributed by atoms with E-state index in [1.54, 1.807) is 6.07 Å². The number of aryl methyl sites for hydroxylation is 2. The summed E-state index contributed by atoms with van der Waals surface area (Å²) in [6.07, 6.45) is 0. The first-order chi connectivity index (χ1) is 10.9. The number of nitriles is 1. The number of rotatable bonds is 2. The monoisotopic (exact) mass is 311 g/mol. The molecule has 3 rings (SSSR count). The van der Waals surface area contributed by atoms with Crippen LogP contribution in [0.25, 0.3) is 16.4 Å². The van der Waals surface area contributed by atoms with Gasteiger partial charge in [0.25, 0.3) is 5.69 Å². The van der Waals surface area contributed by atoms with Crippen molar-refractivity contribution in [2.75, 3.05) is 0 Å². The molecule has 0 saturated heterocycles. The van der Waals surface area contributed by atoms with E-state index >= 15 is 0 Å². The standard InChI is InChI=1S/C14H9N5O4/c1-7-14(19(22)23)17-8(2)10(6-15)12-9(13(17)16-7)4-3-5-11(12)18(20)21/h3-5H,1-2H3. The highest BCUT2D eigenvalue weighted by molar-refractivity contribution is 6.04. The Morgan fingerprint density at radius 1 is 1.22 bits per heavy atom. The summed E-state index contributed by atoms with van der Waals surface area (Å²) in [5.41, 5.74) is 0.454. The molecule has 0 amide bonds. The van der Waals surface area contributed by atoms with E-state index in [0.717, 1.165) is 0 Å². The minimum Gasteiger partial charge on any atom is -0.358 e. The van der Waals surface area contributed by atoms with Crippen LogP contribution in [-0.4, -0.2) is 19.2 Å². The quantitative estimate of drug-likeness (QED) is 0.528. The van der Waals surface area contributed by atoms with Gasteiger partial charge in [-0.1, -0.05) is 6.07 Å². The average Bonchev–Trinajstić information content (AvgIpc) is 2.85. The first kappa shape index (κ1) is 14.4. The van der Waals surface area contributed by atoms with Gasteiger partial charge in [-0.15, -0.1) is 0 Å². The molecule has 23 heavy (non-hydrogen) atoms. The summed E-state index contributed by atoms with van der Waals surface area (Å²) < 4.78 is 1.26. The summed E-state index contributed by atoms with van der Waals surface area (Å²) >= 11 is 0. The molecule has 3 aromatic rings. The van der Waals surface area contributed by atoms with Crippen LogP contribution >= 0.6 is 0 Å². The Hall–Kier alpha value is -3.54. The number of nitrogens with zero attached hydrogens (tertiary/aromatic N) is 5. The lowest BCUT2D eigenvalue weighted by molar-refractivity contribution is -0.391. The van der Waals surface area contributed by atoms with Crippen LogP contribution in [0.1, 0.15) is 17.0 Å². The van der Waals surface area contributed by atoms with Crippen molar-refractivity contribution in [3.8, 4) is 6.07 Å². The van der Waals surface area contributed by atoms with Crippen LogP contribution in [0, 0.1) is 45.4 Å². The summed E-state index contributed by atoms with van der Waals surface area (Å²) in [5.74, 6) is -0.248. The molecule has 0 atom stereocenters. The molecule has 0 unspecified atom stereocenters. The van der Waals surface area contributed by atoms with Gasteiger partial charge in [-0.3, -0.25) is 10.1 Å². The topological polar surface area (TPSA) is 127 Å². The van der Waals surface area contributed by atoms with Crippen LogP contribution in [0.2, 0.25) is 0 Å². The molecule has 0 fully saturated rings. The highest BCUT2D eigenvalue weighted by Crippen LogP contribution is 2.35. The van der Waals surface area contributed by atoms with E-state index in [0.29, 0.717) is 5.39 Å². The van der Waals surface area contributed by atoms with E-state index in [9.17, 15) is 25.5 Å². The lowest BCUT2D eigenvalue weighted by Gasteiger charge is -2.05. The minimum atomic E-state index is -0.580. The molecule has 0 saturated carbocycles. The van der Waals surface area contributed by atoms with Gasteiger partial charge >= 0.3 is 5.82 Å². The molecule has 0 radical (unpaired) electrons. The number of fused-ring (bicyclic) bond motifs is 3. The molecule has 0 aliphatic carbocycles. The van der Waals surface area contributed by atoms with Crippen LogP contribution in [0.4, 0.5) is 11.5 Å². The van der Waals surface area contributed by atoms with Gasteiger partial charge in [0.05, 0.1) is 15.7 Å². The van der Waals surface area contributed by atoms with Crippen molar-refractivity contribution in [1.29, 1.82) is 5.26 Å². The number of nitro groups is 2. The number of pyridine rings is 1. The van der Waals surface area contributed by atoms with Crippen LogP contribution in [0.5, 0.6) is 0 Å². The van der Waals surface area contributed by atoms with Crippen molar-refractivity contribution >= 4 is 27.9 Å². The maximum Gasteiger partial charge on any atom is 0.351 e. The minimum absolute atomic E-state index is 0.0281. The zero-order valence-corrected chi connectivity index (χ0v) is 12.1. The second-order valence-corrected chi connectivity index (χ2v) is 4.97. The van der Waals surface area contributed by atoms with E-state index in [4.69, 9.17) is 0 Å². The lowest BCUT2D eigenvalue weighted by atomic mass is 10.0. The van der Waals surface area contributed by atoms with Crippen molar-refractivity contribution in [1.82, 2.24) is 9.38 Å². The van der Waals surface area contributed by atoms with Crippen LogP contribution in [-0.2, 0) is 0 Å². The van der Waals surface area contributed by atoms with Crippen LogP contribution < -0.4 is 0 Å². The van der Waals surface area contributed by atoms with E-state index in [-0.39, 0.29) is 39.5 Å². The third-order valence-corrected chi connectivity index (χ3v) is 3.73. The predicted octanol–water partition coefficient (Wildman–Crippen LogP) is 2.79. The fraction of sp³-hybridized carbons (Fsp3) is 0.143. The van der Waals surface area contributed by atoms with Gasteiger partial charge in [0.1, 0.15) is 23.0 Å². The summed E-state index contributed by atoms with van der Waals surface area (Å²) in [4.78, 5) is 25.6. The predicted molar refractivity (Wildman–Crippen MR) is 80.2 cm³/mol. The van der Waals surface area contributed by atoms with Crippen molar-refractivity contribution in [3.05, 3.63) is 55.4 Å². The zero-order valence-electron chi connectivity index (χ0n) is 12.1. The third kappa shape index (κ3) is 1.82. The number of nitro benzene ring substituents is 1. The first-order valence-electron chi connectivity index (χ1n) is 6.51. The molecule has 1 aromatic carbocycles. The van der Waals surface area contributed by atoms with Crippen molar-refractivity contribution in [2.24, 2.45) is 0 Å². The van der Waals surface area contributed by atoms with Gasteiger partial charge in [-0.2, -0.15) is 9.66 Å². The highest BCUT2D eigenvalue weighted by Gasteiger charge is 2.29. The Bertz CT molecular complexity index is 1060. The van der Waals surface area contributed by atoms with Crippen molar-refractivity contribution in [3.63, 3.8) is 0 Å². The van der Waals surface area contributed by atoms with Crippen molar-refractivity contribution < 1.29 is 9.85 Å². The maximum atomic E-state index is 11.3. The number of imidazole rings is 1. The smallest absolute Gasteiger partial charge is 0.351 e. The lowest BCUT2D eigenvalue weighted by Crippen LogP contribution is -2.03. The van der Waals surface area contributed by atoms with Gasteiger partial charge in [-0.05, 0) is 24.8 Å². The normalized spacial score (nSPS) is 10.8. The largest absolute Gasteiger partial charge is 0.358 e. The number of aromatic nitrogens is 2. The Balaban J connectivity index is 2.70. The van der Waals surface area contributed by atoms with Gasteiger partial charge in [0, 0.05) is 6.07 Å². The first-order valence-corrected chi connectivity index (χ1v) is 6.51. The summed E-state index contributed by atoms with van der Waals surface area (Å²) in [6.45, 7) is 3.00. The van der Waals surface area contributed by atoms with Crippen LogP contribution in [0.3, 0.4) is 0 Å². The summed E-state index contributed by atoms with van der Waals surface area (Å²) in [6, 6.07) is 6.25. The van der Waals surface area contributed by atoms with Gasteiger partial charge in [-0.25, -0.2) is 4.98 Å². The Morgan fingerprint density at radius 3 is 2.48 bits per heavy atom. The molecule has 9 nitrogen and oxygen atoms in total. The fourth-order valence-corrected chi connectivity index (χ4v) is 2.80. The number of hydrogen-bond donors (Lipinski definition) is 0. The second-order valence-electron chi connectivity index (χ2n) is 4.97. The molecule has 114 valence electrons. The number of non-ortho nitro benzene ring substituents is 1. The third-order valence-electron chi connectivity index (χ3n) is 3.73. The molecule has 0 spiro atoms. The summed E-state index contributed by atoms with van der Waals surface area (Å²) in [5, 5.41) is 32.5. The molecule has 9 heteroatoms. The SMILES string of the molecule is Cc1nc2c3cccc([N+](=O)[O-])c3c(C#N)c(C)n2c1[N+](=O)[O-]. The Morgan fingerprint density at radius 2 is 1.91 bits per heavy atom. The number of hydrogen-bond acceptors (Lipinski definition) is 6. The molecule has 2 heterocycles. The van der Waals surface area contributed by atoms with E-state index < -0.39 is 9.85 Å². The van der Waals surface area contributed by atoms with Crippen molar-refractivity contribution in [2.45, 2.75) is 13.8 Å². The second kappa shape index (κ2) is 4.74. The zero-order chi connectivity index (χ0) is 16.9. The van der Waals surface area contributed by atoms with Crippen LogP contribution in [0.15, 0.2) is 18.2 Å². The highest BCUT2D eigenvalue weighted by atomic mass is 16.6. The summed E-state index contributed by atoms with van der Waals surface area (Å²) in [7, 11) is 0. The fourth-order valence-electron chi connectivity index (χ4n) is 2.80. The maximum absolute atomic E-state index is 11.3. The average molecular weight is 311 g/mol. The molecule has 0 aliphatic rings. The molecular formula is C14H9N5O4. The Labute approximate surface area is 128 Å². The van der Waals surface area contributed by atoms with Gasteiger partial charge in [0.2, 0.25) is 5.65 Å². The molecule has 0 aliphatic heterocycles. The molecule has 2 aromatic heterocycles. The van der Waals surface area contributed by atoms with E-state index in [1.165, 1.54) is 30.4 Å².